The molecule has 1 aromatic heterocycles. The molecule has 84 valence electrons. The van der Waals surface area contributed by atoms with E-state index >= 15 is 0 Å². The van der Waals surface area contributed by atoms with Crippen LogP contribution in [0.2, 0.25) is 0 Å². The van der Waals surface area contributed by atoms with Crippen LogP contribution in [0.15, 0.2) is 35.1 Å². The molecule has 0 aliphatic rings. The molecule has 0 atom stereocenters. The summed E-state index contributed by atoms with van der Waals surface area (Å²) in [4.78, 5) is 11.0. The summed E-state index contributed by atoms with van der Waals surface area (Å²) < 4.78 is 5.53. The van der Waals surface area contributed by atoms with Crippen LogP contribution in [0.3, 0.4) is 0 Å². The molecular weight excluding hydrogens is 204 g/mol. The Hall–Kier alpha value is -1.97. The molecule has 0 aliphatic heterocycles. The van der Waals surface area contributed by atoms with Crippen LogP contribution >= 0.6 is 0 Å². The molecule has 1 heterocycles. The minimum absolute atomic E-state index is 0.127. The van der Waals surface area contributed by atoms with Crippen molar-refractivity contribution in [1.82, 2.24) is 10.2 Å². The van der Waals surface area contributed by atoms with E-state index in [4.69, 9.17) is 4.74 Å². The molecule has 0 saturated heterocycles. The third-order valence-corrected chi connectivity index (χ3v) is 2.13. The predicted octanol–water partition coefficient (Wildman–Crippen LogP) is 2.16. The first-order valence-corrected chi connectivity index (χ1v) is 5.20. The standard InChI is InChI=1S/C12H14N2O2/c1-8(2)16-10-5-3-9(4-6-10)11-7-12(15)14-13-11/h3-8H,1-2H3,(H2,13,14,15). The Kier molecular flexibility index (Phi) is 2.81. The van der Waals surface area contributed by atoms with Crippen LogP contribution in [-0.4, -0.2) is 16.3 Å². The highest BCUT2D eigenvalue weighted by Crippen LogP contribution is 2.20. The summed E-state index contributed by atoms with van der Waals surface area (Å²) in [5, 5.41) is 5.31. The molecule has 0 aliphatic carbocycles. The maximum atomic E-state index is 11.0. The monoisotopic (exact) mass is 218 g/mol. The van der Waals surface area contributed by atoms with Gasteiger partial charge in [-0.2, -0.15) is 0 Å². The van der Waals surface area contributed by atoms with Crippen LogP contribution in [0.4, 0.5) is 0 Å². The maximum Gasteiger partial charge on any atom is 0.264 e. The zero-order chi connectivity index (χ0) is 11.5. The summed E-state index contributed by atoms with van der Waals surface area (Å²) in [6, 6.07) is 9.13. The van der Waals surface area contributed by atoms with Gasteiger partial charge in [-0.25, -0.2) is 0 Å². The number of ether oxygens (including phenoxy) is 1. The highest BCUT2D eigenvalue weighted by Gasteiger charge is 2.01. The fraction of sp³-hybridized carbons (Fsp3) is 0.250. The number of H-pyrrole nitrogens is 2. The Labute approximate surface area is 93.3 Å². The van der Waals surface area contributed by atoms with E-state index in [1.165, 1.54) is 6.07 Å². The highest BCUT2D eigenvalue weighted by molar-refractivity contribution is 5.59. The van der Waals surface area contributed by atoms with Crippen LogP contribution in [-0.2, 0) is 0 Å². The maximum absolute atomic E-state index is 11.0. The number of hydrogen-bond acceptors (Lipinski definition) is 2. The van der Waals surface area contributed by atoms with Crippen molar-refractivity contribution in [3.8, 4) is 17.0 Å². The Balaban J connectivity index is 2.22. The van der Waals surface area contributed by atoms with Gasteiger partial charge < -0.3 is 4.74 Å². The molecule has 2 aromatic rings. The topological polar surface area (TPSA) is 57.9 Å². The minimum atomic E-state index is -0.127. The van der Waals surface area contributed by atoms with Gasteiger partial charge in [0, 0.05) is 6.07 Å². The van der Waals surface area contributed by atoms with E-state index in [2.05, 4.69) is 10.2 Å². The highest BCUT2D eigenvalue weighted by atomic mass is 16.5. The van der Waals surface area contributed by atoms with E-state index in [1.54, 1.807) is 0 Å². The quantitative estimate of drug-likeness (QED) is 0.829. The molecule has 0 fully saturated rings. The first-order chi connectivity index (χ1) is 7.65. The van der Waals surface area contributed by atoms with Crippen molar-refractivity contribution in [3.05, 3.63) is 40.7 Å². The van der Waals surface area contributed by atoms with Crippen molar-refractivity contribution in [1.29, 1.82) is 0 Å². The van der Waals surface area contributed by atoms with Crippen LogP contribution in [0, 0.1) is 0 Å². The van der Waals surface area contributed by atoms with E-state index in [0.29, 0.717) is 0 Å². The van der Waals surface area contributed by atoms with Crippen molar-refractivity contribution in [2.75, 3.05) is 0 Å². The van der Waals surface area contributed by atoms with Crippen LogP contribution in [0.25, 0.3) is 11.3 Å². The first kappa shape index (κ1) is 10.5. The summed E-state index contributed by atoms with van der Waals surface area (Å²) in [5.74, 6) is 0.830. The normalized spacial score (nSPS) is 10.7. The Morgan fingerprint density at radius 2 is 1.81 bits per heavy atom. The second kappa shape index (κ2) is 4.26. The Morgan fingerprint density at radius 1 is 1.12 bits per heavy atom. The molecule has 2 rings (SSSR count). The van der Waals surface area contributed by atoms with Crippen molar-refractivity contribution >= 4 is 0 Å². The summed E-state index contributed by atoms with van der Waals surface area (Å²) in [5.41, 5.74) is 1.60. The molecule has 0 unspecified atom stereocenters. The van der Waals surface area contributed by atoms with Gasteiger partial charge in [0.05, 0.1) is 11.8 Å². The molecular formula is C12H14N2O2. The van der Waals surface area contributed by atoms with Crippen molar-refractivity contribution < 1.29 is 4.74 Å². The smallest absolute Gasteiger partial charge is 0.264 e. The van der Waals surface area contributed by atoms with Gasteiger partial charge in [-0.1, -0.05) is 0 Å². The lowest BCUT2D eigenvalue weighted by Crippen LogP contribution is -2.05. The number of hydrogen-bond donors (Lipinski definition) is 2. The van der Waals surface area contributed by atoms with E-state index in [0.717, 1.165) is 17.0 Å². The number of aromatic amines is 2. The van der Waals surface area contributed by atoms with E-state index < -0.39 is 0 Å². The fourth-order valence-electron chi connectivity index (χ4n) is 1.47. The molecule has 0 amide bonds. The third-order valence-electron chi connectivity index (χ3n) is 2.13. The SMILES string of the molecule is CC(C)Oc1ccc(-c2cc(=O)[nH][nH]2)cc1. The van der Waals surface area contributed by atoms with Gasteiger partial charge in [0.25, 0.3) is 5.56 Å². The second-order valence-corrected chi connectivity index (χ2v) is 3.86. The lowest BCUT2D eigenvalue weighted by Gasteiger charge is -2.09. The lowest BCUT2D eigenvalue weighted by atomic mass is 10.1. The zero-order valence-electron chi connectivity index (χ0n) is 9.28. The number of aromatic nitrogens is 2. The molecule has 0 radical (unpaired) electrons. The largest absolute Gasteiger partial charge is 0.491 e. The average molecular weight is 218 g/mol. The van der Waals surface area contributed by atoms with Crippen LogP contribution in [0.1, 0.15) is 13.8 Å². The van der Waals surface area contributed by atoms with E-state index in [1.807, 2.05) is 38.1 Å². The van der Waals surface area contributed by atoms with Gasteiger partial charge in [0.2, 0.25) is 0 Å². The Bertz CT molecular complexity index is 508. The molecule has 4 heteroatoms. The van der Waals surface area contributed by atoms with Crippen LogP contribution in [0.5, 0.6) is 5.75 Å². The number of nitrogens with one attached hydrogen (secondary N) is 2. The number of benzene rings is 1. The van der Waals surface area contributed by atoms with Gasteiger partial charge in [-0.3, -0.25) is 15.0 Å². The lowest BCUT2D eigenvalue weighted by molar-refractivity contribution is 0.242. The molecule has 0 bridgehead atoms. The molecule has 4 nitrogen and oxygen atoms in total. The zero-order valence-corrected chi connectivity index (χ0v) is 9.28. The minimum Gasteiger partial charge on any atom is -0.491 e. The van der Waals surface area contributed by atoms with Gasteiger partial charge in [-0.05, 0) is 43.7 Å². The average Bonchev–Trinajstić information content (AvgIpc) is 2.65. The summed E-state index contributed by atoms with van der Waals surface area (Å²) in [7, 11) is 0. The molecule has 1 aromatic carbocycles. The summed E-state index contributed by atoms with van der Waals surface area (Å²) in [6.07, 6.45) is 0.165. The summed E-state index contributed by atoms with van der Waals surface area (Å²) in [6.45, 7) is 3.97. The van der Waals surface area contributed by atoms with Crippen molar-refractivity contribution in [2.45, 2.75) is 20.0 Å². The van der Waals surface area contributed by atoms with Crippen molar-refractivity contribution in [2.24, 2.45) is 0 Å². The fourth-order valence-corrected chi connectivity index (χ4v) is 1.47. The number of rotatable bonds is 3. The predicted molar refractivity (Wildman–Crippen MR) is 62.6 cm³/mol. The van der Waals surface area contributed by atoms with Gasteiger partial charge in [0.15, 0.2) is 0 Å². The molecule has 0 spiro atoms. The van der Waals surface area contributed by atoms with Gasteiger partial charge in [-0.15, -0.1) is 0 Å². The Morgan fingerprint density at radius 3 is 2.31 bits per heavy atom. The van der Waals surface area contributed by atoms with E-state index in [9.17, 15) is 4.79 Å². The second-order valence-electron chi connectivity index (χ2n) is 3.86. The van der Waals surface area contributed by atoms with Gasteiger partial charge >= 0.3 is 0 Å². The van der Waals surface area contributed by atoms with E-state index in [-0.39, 0.29) is 11.7 Å². The molecule has 2 N–H and O–H groups in total. The van der Waals surface area contributed by atoms with Crippen LogP contribution < -0.4 is 10.3 Å². The first-order valence-electron chi connectivity index (χ1n) is 5.20. The third kappa shape index (κ3) is 2.34. The van der Waals surface area contributed by atoms with Crippen molar-refractivity contribution in [3.63, 3.8) is 0 Å². The molecule has 16 heavy (non-hydrogen) atoms. The summed E-state index contributed by atoms with van der Waals surface area (Å²) >= 11 is 0. The van der Waals surface area contributed by atoms with Gasteiger partial charge in [0.1, 0.15) is 5.75 Å². The molecule has 0 saturated carbocycles.